The fourth-order valence-corrected chi connectivity index (χ4v) is 5.95. The summed E-state index contributed by atoms with van der Waals surface area (Å²) in [6.07, 6.45) is 1.32. The van der Waals surface area contributed by atoms with Crippen LogP contribution in [0.1, 0.15) is 49.9 Å². The lowest BCUT2D eigenvalue weighted by atomic mass is 9.75. The highest BCUT2D eigenvalue weighted by atomic mass is 16.5. The van der Waals surface area contributed by atoms with Gasteiger partial charge in [-0.15, -0.1) is 0 Å². The number of ether oxygens (including phenoxy) is 1. The van der Waals surface area contributed by atoms with E-state index < -0.39 is 5.54 Å². The highest BCUT2D eigenvalue weighted by molar-refractivity contribution is 5.87. The average molecular weight is 497 g/mol. The first-order valence-electron chi connectivity index (χ1n) is 13.3. The molecule has 0 bridgehead atoms. The first-order chi connectivity index (χ1) is 18.0. The number of carbonyl (C=O) groups excluding carboxylic acids is 1. The second kappa shape index (κ2) is 9.94. The third-order valence-corrected chi connectivity index (χ3v) is 7.76. The summed E-state index contributed by atoms with van der Waals surface area (Å²) >= 11 is 0. The molecular formula is C31H36N4O2. The van der Waals surface area contributed by atoms with Crippen LogP contribution < -0.4 is 20.0 Å². The SMILES string of the molecule is C=CC(=O)NN1Cc2ccccc2C12c1ccc(N(CC)CC)cc1Oc1cc(N(CC)CC)ccc12. The van der Waals surface area contributed by atoms with Crippen molar-refractivity contribution in [1.29, 1.82) is 0 Å². The number of hydrazine groups is 1. The van der Waals surface area contributed by atoms with Crippen LogP contribution in [-0.2, 0) is 16.9 Å². The molecule has 5 rings (SSSR count). The molecule has 1 amide bonds. The number of fused-ring (bicyclic) bond motifs is 6. The minimum atomic E-state index is -0.734. The molecule has 2 heterocycles. The van der Waals surface area contributed by atoms with E-state index in [0.717, 1.165) is 65.7 Å². The van der Waals surface area contributed by atoms with Crippen LogP contribution in [0.5, 0.6) is 11.5 Å². The Labute approximate surface area is 220 Å². The summed E-state index contributed by atoms with van der Waals surface area (Å²) in [5.74, 6) is 1.38. The van der Waals surface area contributed by atoms with E-state index in [0.29, 0.717) is 6.54 Å². The van der Waals surface area contributed by atoms with Crippen molar-refractivity contribution < 1.29 is 9.53 Å². The standard InChI is InChI=1S/C31H36N4O2/c1-6-30(36)32-35-21-22-13-11-12-14-25(22)31(35)26-17-15-23(33(7-2)8-3)19-28(26)37-29-20-24(16-18-27(29)31)34(9-4)10-5/h6,11-20H,1,7-10,21H2,2-5H3,(H,32,36). The van der Waals surface area contributed by atoms with Gasteiger partial charge >= 0.3 is 0 Å². The Bertz CT molecular complexity index is 1270. The van der Waals surface area contributed by atoms with Gasteiger partial charge in [0.2, 0.25) is 0 Å². The van der Waals surface area contributed by atoms with Gasteiger partial charge in [-0.25, -0.2) is 0 Å². The van der Waals surface area contributed by atoms with Crippen molar-refractivity contribution in [3.8, 4) is 11.5 Å². The maximum absolute atomic E-state index is 12.7. The zero-order valence-electron chi connectivity index (χ0n) is 22.3. The molecule has 6 nitrogen and oxygen atoms in total. The fraction of sp³-hybridized carbons (Fsp3) is 0.323. The van der Waals surface area contributed by atoms with Crippen LogP contribution in [0.4, 0.5) is 11.4 Å². The topological polar surface area (TPSA) is 48.1 Å². The molecule has 0 aliphatic carbocycles. The Morgan fingerprint density at radius 3 is 1.95 bits per heavy atom. The second-order valence-electron chi connectivity index (χ2n) is 9.44. The Hall–Kier alpha value is -3.77. The van der Waals surface area contributed by atoms with E-state index in [1.54, 1.807) is 0 Å². The molecule has 3 aromatic carbocycles. The van der Waals surface area contributed by atoms with Crippen LogP contribution in [0.3, 0.4) is 0 Å². The molecular weight excluding hydrogens is 460 g/mol. The molecule has 37 heavy (non-hydrogen) atoms. The number of rotatable bonds is 8. The maximum atomic E-state index is 12.7. The molecule has 0 radical (unpaired) electrons. The molecule has 2 aliphatic rings. The summed E-state index contributed by atoms with van der Waals surface area (Å²) in [4.78, 5) is 17.3. The lowest BCUT2D eigenvalue weighted by Crippen LogP contribution is -2.53. The highest BCUT2D eigenvalue weighted by Crippen LogP contribution is 2.57. The molecule has 0 atom stereocenters. The van der Waals surface area contributed by atoms with Crippen LogP contribution in [0.25, 0.3) is 0 Å². The third kappa shape index (κ3) is 3.87. The Balaban J connectivity index is 1.80. The van der Waals surface area contributed by atoms with Crippen LogP contribution >= 0.6 is 0 Å². The second-order valence-corrected chi connectivity index (χ2v) is 9.44. The summed E-state index contributed by atoms with van der Waals surface area (Å²) in [6, 6.07) is 21.4. The number of anilines is 2. The van der Waals surface area contributed by atoms with Gasteiger partial charge in [0.25, 0.3) is 5.91 Å². The van der Waals surface area contributed by atoms with Crippen molar-refractivity contribution in [3.63, 3.8) is 0 Å². The predicted octanol–water partition coefficient (Wildman–Crippen LogP) is 5.81. The Morgan fingerprint density at radius 2 is 1.43 bits per heavy atom. The van der Waals surface area contributed by atoms with Crippen molar-refractivity contribution in [2.24, 2.45) is 0 Å². The minimum absolute atomic E-state index is 0.235. The Kier molecular flexibility index (Phi) is 6.69. The first kappa shape index (κ1) is 24.9. The van der Waals surface area contributed by atoms with Crippen LogP contribution in [0, 0.1) is 0 Å². The van der Waals surface area contributed by atoms with Crippen molar-refractivity contribution in [3.05, 3.63) is 95.6 Å². The largest absolute Gasteiger partial charge is 0.456 e. The summed E-state index contributed by atoms with van der Waals surface area (Å²) in [6.45, 7) is 16.6. The number of nitrogens with one attached hydrogen (secondary N) is 1. The van der Waals surface area contributed by atoms with Gasteiger partial charge in [0.15, 0.2) is 0 Å². The molecule has 0 saturated carbocycles. The van der Waals surface area contributed by atoms with Gasteiger partial charge in [-0.3, -0.25) is 10.2 Å². The molecule has 0 fully saturated rings. The normalized spacial score (nSPS) is 14.8. The van der Waals surface area contributed by atoms with Crippen LogP contribution in [0.15, 0.2) is 73.3 Å². The van der Waals surface area contributed by atoms with E-state index in [1.807, 2.05) is 0 Å². The molecule has 3 aromatic rings. The molecule has 0 saturated heterocycles. The fourth-order valence-electron chi connectivity index (χ4n) is 5.95. The van der Waals surface area contributed by atoms with Gasteiger partial charge in [0.1, 0.15) is 17.0 Å². The third-order valence-electron chi connectivity index (χ3n) is 7.76. The van der Waals surface area contributed by atoms with E-state index in [1.165, 1.54) is 11.6 Å². The van der Waals surface area contributed by atoms with Crippen molar-refractivity contribution in [2.45, 2.75) is 39.8 Å². The van der Waals surface area contributed by atoms with Gasteiger partial charge in [-0.1, -0.05) is 43.0 Å². The molecule has 2 aliphatic heterocycles. The smallest absolute Gasteiger partial charge is 0.257 e. The Morgan fingerprint density at radius 1 is 0.892 bits per heavy atom. The number of amides is 1. The average Bonchev–Trinajstić information content (AvgIpc) is 3.23. The van der Waals surface area contributed by atoms with Gasteiger partial charge in [-0.2, -0.15) is 5.01 Å². The van der Waals surface area contributed by atoms with Crippen LogP contribution in [0.2, 0.25) is 0 Å². The predicted molar refractivity (Wildman–Crippen MR) is 150 cm³/mol. The number of hydrogen-bond acceptors (Lipinski definition) is 5. The molecule has 6 heteroatoms. The van der Waals surface area contributed by atoms with Gasteiger partial charge in [0, 0.05) is 67.4 Å². The summed E-state index contributed by atoms with van der Waals surface area (Å²) in [5.41, 5.74) is 9.00. The maximum Gasteiger partial charge on any atom is 0.257 e. The van der Waals surface area contributed by atoms with E-state index in [4.69, 9.17) is 4.74 Å². The summed E-state index contributed by atoms with van der Waals surface area (Å²) < 4.78 is 6.71. The zero-order chi connectivity index (χ0) is 26.2. The highest BCUT2D eigenvalue weighted by Gasteiger charge is 2.53. The van der Waals surface area contributed by atoms with Gasteiger partial charge < -0.3 is 14.5 Å². The van der Waals surface area contributed by atoms with E-state index >= 15 is 0 Å². The number of hydrogen-bond donors (Lipinski definition) is 1. The quantitative estimate of drug-likeness (QED) is 0.399. The molecule has 192 valence electrons. The molecule has 1 spiro atoms. The lowest BCUT2D eigenvalue weighted by molar-refractivity contribution is -0.123. The van der Waals surface area contributed by atoms with Crippen molar-refractivity contribution in [1.82, 2.24) is 10.4 Å². The van der Waals surface area contributed by atoms with E-state index in [-0.39, 0.29) is 5.91 Å². The monoisotopic (exact) mass is 496 g/mol. The lowest BCUT2D eigenvalue weighted by Gasteiger charge is -2.44. The van der Waals surface area contributed by atoms with Gasteiger partial charge in [0.05, 0.1) is 0 Å². The van der Waals surface area contributed by atoms with Crippen molar-refractivity contribution in [2.75, 3.05) is 36.0 Å². The first-order valence-corrected chi connectivity index (χ1v) is 13.3. The van der Waals surface area contributed by atoms with Crippen LogP contribution in [-0.4, -0.2) is 37.1 Å². The molecule has 0 unspecified atom stereocenters. The van der Waals surface area contributed by atoms with E-state index in [2.05, 4.69) is 115 Å². The summed E-state index contributed by atoms with van der Waals surface area (Å²) in [7, 11) is 0. The van der Waals surface area contributed by atoms with Gasteiger partial charge in [-0.05, 0) is 57.0 Å². The number of nitrogens with zero attached hydrogens (tertiary/aromatic N) is 3. The number of benzene rings is 3. The zero-order valence-corrected chi connectivity index (χ0v) is 22.3. The summed E-state index contributed by atoms with van der Waals surface area (Å²) in [5, 5.41) is 2.05. The molecule has 1 N–H and O–H groups in total. The van der Waals surface area contributed by atoms with E-state index in [9.17, 15) is 4.79 Å². The van der Waals surface area contributed by atoms with Crippen molar-refractivity contribution >= 4 is 17.3 Å². The molecule has 0 aromatic heterocycles. The minimum Gasteiger partial charge on any atom is -0.456 e. The number of carbonyl (C=O) groups is 1.